The number of nitrogens with zero attached hydrogens (tertiary/aromatic N) is 3. The molecule has 3 heterocycles. The number of hydrogen-bond acceptors (Lipinski definition) is 3. The minimum Gasteiger partial charge on any atom is -0.334 e. The van der Waals surface area contributed by atoms with Crippen molar-refractivity contribution in [3.8, 4) is 0 Å². The van der Waals surface area contributed by atoms with Gasteiger partial charge >= 0.3 is 0 Å². The number of aromatic nitrogens is 2. The molecule has 2 saturated heterocycles. The van der Waals surface area contributed by atoms with E-state index in [4.69, 9.17) is 0 Å². The zero-order valence-corrected chi connectivity index (χ0v) is 9.39. The molecular formula is C11H16N4O. The van der Waals surface area contributed by atoms with Crippen LogP contribution in [0.3, 0.4) is 0 Å². The van der Waals surface area contributed by atoms with Gasteiger partial charge in [-0.05, 0) is 12.3 Å². The lowest BCUT2D eigenvalue weighted by atomic mass is 10.1. The molecule has 1 amide bonds. The van der Waals surface area contributed by atoms with E-state index in [-0.39, 0.29) is 5.91 Å². The van der Waals surface area contributed by atoms with E-state index in [2.05, 4.69) is 10.4 Å². The van der Waals surface area contributed by atoms with Crippen LogP contribution >= 0.6 is 0 Å². The average molecular weight is 220 g/mol. The van der Waals surface area contributed by atoms with Gasteiger partial charge in [0.15, 0.2) is 0 Å². The zero-order chi connectivity index (χ0) is 11.1. The summed E-state index contributed by atoms with van der Waals surface area (Å²) in [5.74, 6) is 0.782. The molecule has 5 heteroatoms. The van der Waals surface area contributed by atoms with Crippen LogP contribution < -0.4 is 5.32 Å². The van der Waals surface area contributed by atoms with Crippen molar-refractivity contribution >= 4 is 5.91 Å². The molecule has 86 valence electrons. The van der Waals surface area contributed by atoms with Gasteiger partial charge in [0.2, 0.25) is 0 Å². The summed E-state index contributed by atoms with van der Waals surface area (Å²) in [6, 6.07) is 0.396. The van der Waals surface area contributed by atoms with Crippen LogP contribution in [0.5, 0.6) is 0 Å². The lowest BCUT2D eigenvalue weighted by molar-refractivity contribution is 0.0737. The monoisotopic (exact) mass is 220 g/mol. The van der Waals surface area contributed by atoms with Crippen molar-refractivity contribution in [3.63, 3.8) is 0 Å². The molecule has 0 spiro atoms. The van der Waals surface area contributed by atoms with E-state index in [0.717, 1.165) is 26.1 Å². The molecular weight excluding hydrogens is 204 g/mol. The van der Waals surface area contributed by atoms with Crippen molar-refractivity contribution in [2.45, 2.75) is 12.5 Å². The van der Waals surface area contributed by atoms with Gasteiger partial charge in [0.1, 0.15) is 0 Å². The van der Waals surface area contributed by atoms with Gasteiger partial charge in [-0.3, -0.25) is 9.48 Å². The molecule has 3 rings (SSSR count). The molecule has 16 heavy (non-hydrogen) atoms. The second-order valence-corrected chi connectivity index (χ2v) is 4.68. The molecule has 2 aliphatic rings. The summed E-state index contributed by atoms with van der Waals surface area (Å²) in [6.07, 6.45) is 4.57. The Morgan fingerprint density at radius 1 is 1.56 bits per heavy atom. The average Bonchev–Trinajstić information content (AvgIpc) is 2.90. The highest BCUT2D eigenvalue weighted by Gasteiger charge is 2.40. The number of likely N-dealkylation sites (tertiary alicyclic amines) is 1. The van der Waals surface area contributed by atoms with Gasteiger partial charge in [0.05, 0.1) is 11.8 Å². The van der Waals surface area contributed by atoms with Crippen LogP contribution in [0.4, 0.5) is 0 Å². The highest BCUT2D eigenvalue weighted by atomic mass is 16.2. The highest BCUT2D eigenvalue weighted by molar-refractivity contribution is 5.94. The van der Waals surface area contributed by atoms with Gasteiger partial charge < -0.3 is 10.2 Å². The van der Waals surface area contributed by atoms with Gasteiger partial charge in [-0.25, -0.2) is 0 Å². The second kappa shape index (κ2) is 3.59. The van der Waals surface area contributed by atoms with Crippen LogP contribution in [0.2, 0.25) is 0 Å². The summed E-state index contributed by atoms with van der Waals surface area (Å²) in [7, 11) is 1.83. The van der Waals surface area contributed by atoms with E-state index in [0.29, 0.717) is 17.5 Å². The predicted molar refractivity (Wildman–Crippen MR) is 59.0 cm³/mol. The number of rotatable bonds is 1. The Morgan fingerprint density at radius 3 is 3.19 bits per heavy atom. The van der Waals surface area contributed by atoms with Crippen molar-refractivity contribution in [2.75, 3.05) is 19.6 Å². The SMILES string of the molecule is Cn1cc(C(=O)N2CC[C@H]3CNC[C@H]32)cn1. The maximum atomic E-state index is 12.2. The quantitative estimate of drug-likeness (QED) is 0.716. The summed E-state index contributed by atoms with van der Waals surface area (Å²) in [6.45, 7) is 2.89. The summed E-state index contributed by atoms with van der Waals surface area (Å²) in [4.78, 5) is 14.2. The molecule has 0 saturated carbocycles. The summed E-state index contributed by atoms with van der Waals surface area (Å²) in [5.41, 5.74) is 0.704. The second-order valence-electron chi connectivity index (χ2n) is 4.68. The Morgan fingerprint density at radius 2 is 2.44 bits per heavy atom. The number of amides is 1. The minimum absolute atomic E-state index is 0.129. The molecule has 1 aromatic rings. The molecule has 0 aliphatic carbocycles. The fourth-order valence-corrected chi connectivity index (χ4v) is 2.80. The Balaban J connectivity index is 1.80. The van der Waals surface area contributed by atoms with Crippen molar-refractivity contribution in [2.24, 2.45) is 13.0 Å². The Hall–Kier alpha value is -1.36. The van der Waals surface area contributed by atoms with Crippen molar-refractivity contribution in [3.05, 3.63) is 18.0 Å². The van der Waals surface area contributed by atoms with Gasteiger partial charge in [0.25, 0.3) is 5.91 Å². The van der Waals surface area contributed by atoms with E-state index in [1.54, 1.807) is 17.1 Å². The van der Waals surface area contributed by atoms with E-state index < -0.39 is 0 Å². The van der Waals surface area contributed by atoms with Gasteiger partial charge in [0, 0.05) is 38.9 Å². The van der Waals surface area contributed by atoms with E-state index in [1.165, 1.54) is 0 Å². The third-order valence-electron chi connectivity index (χ3n) is 3.66. The van der Waals surface area contributed by atoms with Crippen molar-refractivity contribution < 1.29 is 4.79 Å². The first kappa shape index (κ1) is 9.84. The molecule has 0 radical (unpaired) electrons. The number of nitrogens with one attached hydrogen (secondary N) is 1. The van der Waals surface area contributed by atoms with Crippen LogP contribution in [0.15, 0.2) is 12.4 Å². The maximum absolute atomic E-state index is 12.2. The van der Waals surface area contributed by atoms with Crippen LogP contribution in [0, 0.1) is 5.92 Å². The standard InChI is InChI=1S/C11H16N4O/c1-14-7-9(5-13-14)11(16)15-3-2-8-4-12-6-10(8)15/h5,7-8,10,12H,2-4,6H2,1H3/t8-,10+/m0/s1. The molecule has 0 unspecified atom stereocenters. The number of carbonyl (C=O) groups is 1. The molecule has 5 nitrogen and oxygen atoms in total. The molecule has 0 aromatic carbocycles. The molecule has 2 fully saturated rings. The third kappa shape index (κ3) is 1.43. The topological polar surface area (TPSA) is 50.2 Å². The maximum Gasteiger partial charge on any atom is 0.257 e. The van der Waals surface area contributed by atoms with Gasteiger partial charge in [-0.2, -0.15) is 5.10 Å². The highest BCUT2D eigenvalue weighted by Crippen LogP contribution is 2.28. The van der Waals surface area contributed by atoms with Gasteiger partial charge in [-0.15, -0.1) is 0 Å². The third-order valence-corrected chi connectivity index (χ3v) is 3.66. The lowest BCUT2D eigenvalue weighted by Crippen LogP contribution is -2.38. The van der Waals surface area contributed by atoms with Crippen LogP contribution in [-0.2, 0) is 7.05 Å². The smallest absolute Gasteiger partial charge is 0.257 e. The molecule has 0 bridgehead atoms. The predicted octanol–water partition coefficient (Wildman–Crippen LogP) is -0.146. The summed E-state index contributed by atoms with van der Waals surface area (Å²) < 4.78 is 1.67. The Bertz CT molecular complexity index is 414. The zero-order valence-electron chi connectivity index (χ0n) is 9.39. The van der Waals surface area contributed by atoms with Gasteiger partial charge in [-0.1, -0.05) is 0 Å². The number of aryl methyl sites for hydroxylation is 1. The fourth-order valence-electron chi connectivity index (χ4n) is 2.80. The van der Waals surface area contributed by atoms with Crippen LogP contribution in [-0.4, -0.2) is 46.3 Å². The lowest BCUT2D eigenvalue weighted by Gasteiger charge is -2.22. The number of fused-ring (bicyclic) bond motifs is 1. The summed E-state index contributed by atoms with van der Waals surface area (Å²) in [5, 5.41) is 7.40. The first-order valence-electron chi connectivity index (χ1n) is 5.76. The van der Waals surface area contributed by atoms with Crippen LogP contribution in [0.1, 0.15) is 16.8 Å². The van der Waals surface area contributed by atoms with E-state index in [1.807, 2.05) is 11.9 Å². The first-order chi connectivity index (χ1) is 7.75. The number of carbonyl (C=O) groups excluding carboxylic acids is 1. The number of hydrogen-bond donors (Lipinski definition) is 1. The van der Waals surface area contributed by atoms with Crippen molar-refractivity contribution in [1.29, 1.82) is 0 Å². The first-order valence-corrected chi connectivity index (χ1v) is 5.76. The molecule has 1 N–H and O–H groups in total. The van der Waals surface area contributed by atoms with Crippen LogP contribution in [0.25, 0.3) is 0 Å². The molecule has 1 aromatic heterocycles. The normalized spacial score (nSPS) is 28.4. The minimum atomic E-state index is 0.129. The fraction of sp³-hybridized carbons (Fsp3) is 0.636. The molecule has 2 aliphatic heterocycles. The van der Waals surface area contributed by atoms with E-state index >= 15 is 0 Å². The summed E-state index contributed by atoms with van der Waals surface area (Å²) >= 11 is 0. The largest absolute Gasteiger partial charge is 0.334 e. The molecule has 2 atom stereocenters. The Kier molecular flexibility index (Phi) is 2.21. The van der Waals surface area contributed by atoms with E-state index in [9.17, 15) is 4.79 Å². The Labute approximate surface area is 94.4 Å². The van der Waals surface area contributed by atoms with Crippen molar-refractivity contribution in [1.82, 2.24) is 20.0 Å².